The predicted molar refractivity (Wildman–Crippen MR) is 71.1 cm³/mol. The highest BCUT2D eigenvalue weighted by molar-refractivity contribution is 6.31. The summed E-state index contributed by atoms with van der Waals surface area (Å²) in [7, 11) is 0. The van der Waals surface area contributed by atoms with Gasteiger partial charge >= 0.3 is 5.97 Å². The summed E-state index contributed by atoms with van der Waals surface area (Å²) >= 11 is 5.79. The highest BCUT2D eigenvalue weighted by Gasteiger charge is 2.14. The molecule has 1 rings (SSSR count). The normalized spacial score (nSPS) is 11.9. The molecule has 0 saturated carbocycles. The maximum Gasteiger partial charge on any atom is 0.337 e. The second-order valence-corrected chi connectivity index (χ2v) is 4.70. The van der Waals surface area contributed by atoms with Crippen molar-refractivity contribution in [2.45, 2.75) is 26.7 Å². The third-order valence-corrected chi connectivity index (χ3v) is 2.95. The molecule has 0 heterocycles. The molecule has 0 fully saturated rings. The van der Waals surface area contributed by atoms with E-state index in [9.17, 15) is 9.59 Å². The molecule has 98 valence electrons. The number of nitrogens with one attached hydrogen (secondary N) is 1. The molecule has 0 radical (unpaired) electrons. The van der Waals surface area contributed by atoms with E-state index in [4.69, 9.17) is 16.7 Å². The Bertz CT molecular complexity index is 460. The molecule has 1 unspecified atom stereocenters. The molecule has 5 heteroatoms. The molecule has 2 N–H and O–H groups in total. The van der Waals surface area contributed by atoms with Gasteiger partial charge in [-0.2, -0.15) is 0 Å². The maximum atomic E-state index is 11.7. The quantitative estimate of drug-likeness (QED) is 0.861. The van der Waals surface area contributed by atoms with Crippen LogP contribution in [0, 0.1) is 5.92 Å². The average molecular weight is 270 g/mol. The van der Waals surface area contributed by atoms with Crippen molar-refractivity contribution in [2.75, 3.05) is 5.32 Å². The van der Waals surface area contributed by atoms with Crippen molar-refractivity contribution in [3.05, 3.63) is 28.8 Å². The SMILES string of the molecule is CCC(C)CC(=O)Nc1cc(Cl)ccc1C(=O)O. The van der Waals surface area contributed by atoms with Crippen molar-refractivity contribution in [2.24, 2.45) is 5.92 Å². The maximum absolute atomic E-state index is 11.7. The van der Waals surface area contributed by atoms with E-state index in [2.05, 4.69) is 5.32 Å². The molecule has 0 saturated heterocycles. The van der Waals surface area contributed by atoms with Gasteiger partial charge in [-0.15, -0.1) is 0 Å². The molecule has 0 aliphatic carbocycles. The van der Waals surface area contributed by atoms with Crippen LogP contribution in [0.15, 0.2) is 18.2 Å². The van der Waals surface area contributed by atoms with Crippen molar-refractivity contribution in [1.82, 2.24) is 0 Å². The summed E-state index contributed by atoms with van der Waals surface area (Å²) in [5.74, 6) is -1.03. The Morgan fingerprint density at radius 2 is 2.11 bits per heavy atom. The highest BCUT2D eigenvalue weighted by Crippen LogP contribution is 2.22. The van der Waals surface area contributed by atoms with Crippen LogP contribution in [0.25, 0.3) is 0 Å². The summed E-state index contributed by atoms with van der Waals surface area (Å²) < 4.78 is 0. The second kappa shape index (κ2) is 6.40. The van der Waals surface area contributed by atoms with Crippen molar-refractivity contribution < 1.29 is 14.7 Å². The number of benzene rings is 1. The first-order valence-electron chi connectivity index (χ1n) is 5.76. The summed E-state index contributed by atoms with van der Waals surface area (Å²) in [5, 5.41) is 12.0. The van der Waals surface area contributed by atoms with E-state index in [0.29, 0.717) is 11.4 Å². The fraction of sp³-hybridized carbons (Fsp3) is 0.385. The second-order valence-electron chi connectivity index (χ2n) is 4.26. The number of carbonyl (C=O) groups excluding carboxylic acids is 1. The number of halogens is 1. The summed E-state index contributed by atoms with van der Waals surface area (Å²) in [6, 6.07) is 4.30. The lowest BCUT2D eigenvalue weighted by molar-refractivity contribution is -0.117. The van der Waals surface area contributed by atoms with Crippen LogP contribution in [0.5, 0.6) is 0 Å². The van der Waals surface area contributed by atoms with E-state index in [1.807, 2.05) is 13.8 Å². The molecule has 4 nitrogen and oxygen atoms in total. The van der Waals surface area contributed by atoms with Crippen LogP contribution in [-0.4, -0.2) is 17.0 Å². The summed E-state index contributed by atoms with van der Waals surface area (Å²) in [4.78, 5) is 22.7. The number of rotatable bonds is 5. The Balaban J connectivity index is 2.86. The summed E-state index contributed by atoms with van der Waals surface area (Å²) in [5.41, 5.74) is 0.278. The Morgan fingerprint density at radius 1 is 1.44 bits per heavy atom. The lowest BCUT2D eigenvalue weighted by Crippen LogP contribution is -2.17. The Labute approximate surface area is 111 Å². The van der Waals surface area contributed by atoms with Crippen LogP contribution in [-0.2, 0) is 4.79 Å². The van der Waals surface area contributed by atoms with Crippen LogP contribution < -0.4 is 5.32 Å². The minimum absolute atomic E-state index is 0.0388. The minimum Gasteiger partial charge on any atom is -0.478 e. The first kappa shape index (κ1) is 14.5. The third kappa shape index (κ3) is 4.04. The molecule has 0 bridgehead atoms. The monoisotopic (exact) mass is 269 g/mol. The predicted octanol–water partition coefficient (Wildman–Crippen LogP) is 3.41. The van der Waals surface area contributed by atoms with Crippen molar-refractivity contribution in [3.8, 4) is 0 Å². The van der Waals surface area contributed by atoms with E-state index < -0.39 is 5.97 Å². The van der Waals surface area contributed by atoms with Gasteiger partial charge < -0.3 is 10.4 Å². The number of aromatic carboxylic acids is 1. The number of carboxylic acid groups (broad SMARTS) is 1. The first-order valence-corrected chi connectivity index (χ1v) is 6.14. The van der Waals surface area contributed by atoms with Crippen molar-refractivity contribution in [3.63, 3.8) is 0 Å². The number of carboxylic acids is 1. The number of hydrogen-bond donors (Lipinski definition) is 2. The number of amides is 1. The van der Waals surface area contributed by atoms with E-state index >= 15 is 0 Å². The highest BCUT2D eigenvalue weighted by atomic mass is 35.5. The molecule has 1 aromatic carbocycles. The van der Waals surface area contributed by atoms with Gasteiger partial charge in [-0.05, 0) is 24.1 Å². The Morgan fingerprint density at radius 3 is 2.67 bits per heavy atom. The largest absolute Gasteiger partial charge is 0.478 e. The van der Waals surface area contributed by atoms with Crippen molar-refractivity contribution in [1.29, 1.82) is 0 Å². The van der Waals surface area contributed by atoms with Gasteiger partial charge in [0.15, 0.2) is 0 Å². The van der Waals surface area contributed by atoms with Gasteiger partial charge in [-0.25, -0.2) is 4.79 Å². The van der Waals surface area contributed by atoms with Gasteiger partial charge in [0, 0.05) is 11.4 Å². The van der Waals surface area contributed by atoms with Gasteiger partial charge in [-0.1, -0.05) is 31.9 Å². The number of hydrogen-bond acceptors (Lipinski definition) is 2. The van der Waals surface area contributed by atoms with E-state index in [-0.39, 0.29) is 23.1 Å². The molecule has 0 aromatic heterocycles. The van der Waals surface area contributed by atoms with Gasteiger partial charge in [0.25, 0.3) is 0 Å². The number of anilines is 1. The van der Waals surface area contributed by atoms with Crippen LogP contribution >= 0.6 is 11.6 Å². The zero-order valence-corrected chi connectivity index (χ0v) is 11.1. The van der Waals surface area contributed by atoms with Crippen LogP contribution in [0.3, 0.4) is 0 Å². The van der Waals surface area contributed by atoms with E-state index in [0.717, 1.165) is 6.42 Å². The molecular weight excluding hydrogens is 254 g/mol. The zero-order valence-electron chi connectivity index (χ0n) is 10.4. The molecule has 18 heavy (non-hydrogen) atoms. The van der Waals surface area contributed by atoms with Gasteiger partial charge in [-0.3, -0.25) is 4.79 Å². The van der Waals surface area contributed by atoms with Crippen LogP contribution in [0.2, 0.25) is 5.02 Å². The Hall–Kier alpha value is -1.55. The van der Waals surface area contributed by atoms with Crippen LogP contribution in [0.4, 0.5) is 5.69 Å². The first-order chi connectivity index (χ1) is 8.43. The fourth-order valence-electron chi connectivity index (χ4n) is 1.47. The van der Waals surface area contributed by atoms with Gasteiger partial charge in [0.05, 0.1) is 11.3 Å². The molecule has 1 atom stereocenters. The Kier molecular flexibility index (Phi) is 5.16. The van der Waals surface area contributed by atoms with E-state index in [1.165, 1.54) is 18.2 Å². The lowest BCUT2D eigenvalue weighted by Gasteiger charge is -2.11. The zero-order chi connectivity index (χ0) is 13.7. The van der Waals surface area contributed by atoms with Crippen molar-refractivity contribution >= 4 is 29.2 Å². The summed E-state index contributed by atoms with van der Waals surface area (Å²) in [6.45, 7) is 3.97. The van der Waals surface area contributed by atoms with Crippen LogP contribution in [0.1, 0.15) is 37.0 Å². The minimum atomic E-state index is -1.09. The van der Waals surface area contributed by atoms with E-state index in [1.54, 1.807) is 0 Å². The topological polar surface area (TPSA) is 66.4 Å². The third-order valence-electron chi connectivity index (χ3n) is 2.72. The van der Waals surface area contributed by atoms with Gasteiger partial charge in [0.2, 0.25) is 5.91 Å². The molecule has 0 spiro atoms. The smallest absolute Gasteiger partial charge is 0.337 e. The fourth-order valence-corrected chi connectivity index (χ4v) is 1.64. The molecule has 1 amide bonds. The number of carbonyl (C=O) groups is 2. The average Bonchev–Trinajstić information content (AvgIpc) is 2.28. The lowest BCUT2D eigenvalue weighted by atomic mass is 10.0. The molecule has 0 aliphatic heterocycles. The standard InChI is InChI=1S/C13H16ClNO3/c1-3-8(2)6-12(16)15-11-7-9(14)4-5-10(11)13(17)18/h4-5,7-8H,3,6H2,1-2H3,(H,15,16)(H,17,18). The molecule has 0 aliphatic rings. The molecule has 1 aromatic rings. The summed E-state index contributed by atoms with van der Waals surface area (Å²) in [6.07, 6.45) is 1.26. The molecular formula is C13H16ClNO3. The van der Waals surface area contributed by atoms with Gasteiger partial charge in [0.1, 0.15) is 0 Å².